The predicted octanol–water partition coefficient (Wildman–Crippen LogP) is 2.62. The zero-order chi connectivity index (χ0) is 16.2. The van der Waals surface area contributed by atoms with E-state index in [1.807, 2.05) is 18.2 Å². The topological polar surface area (TPSA) is 41.6 Å². The van der Waals surface area contributed by atoms with Gasteiger partial charge in [0.15, 0.2) is 0 Å². The molecule has 126 valence electrons. The molecule has 4 nitrogen and oxygen atoms in total. The summed E-state index contributed by atoms with van der Waals surface area (Å²) in [6, 6.07) is 9.23. The molecule has 4 heteroatoms. The normalized spacial score (nSPS) is 25.0. The molecule has 1 aromatic rings. The van der Waals surface area contributed by atoms with E-state index in [1.54, 1.807) is 7.11 Å². The maximum Gasteiger partial charge on any atom is 0.222 e. The van der Waals surface area contributed by atoms with Crippen LogP contribution in [0.1, 0.15) is 38.2 Å². The van der Waals surface area contributed by atoms with Crippen molar-refractivity contribution >= 4 is 5.91 Å². The third kappa shape index (κ3) is 4.05. The number of hydrogen-bond donors (Lipinski definition) is 1. The first-order valence-electron chi connectivity index (χ1n) is 8.81. The van der Waals surface area contributed by atoms with Gasteiger partial charge < -0.3 is 15.0 Å². The van der Waals surface area contributed by atoms with Crippen molar-refractivity contribution in [2.24, 2.45) is 5.92 Å². The lowest BCUT2D eigenvalue weighted by Gasteiger charge is -2.26. The van der Waals surface area contributed by atoms with Gasteiger partial charge in [0.1, 0.15) is 5.75 Å². The maximum atomic E-state index is 12.6. The summed E-state index contributed by atoms with van der Waals surface area (Å²) in [4.78, 5) is 14.7. The fourth-order valence-electron chi connectivity index (χ4n) is 3.92. The minimum Gasteiger partial charge on any atom is -0.496 e. The Bertz CT molecular complexity index is 546. The number of carbonyl (C=O) groups excluding carboxylic acids is 1. The summed E-state index contributed by atoms with van der Waals surface area (Å²) in [5.74, 6) is 1.55. The highest BCUT2D eigenvalue weighted by molar-refractivity contribution is 5.76. The average Bonchev–Trinajstić information content (AvgIpc) is 2.86. The zero-order valence-corrected chi connectivity index (χ0v) is 14.3. The van der Waals surface area contributed by atoms with Gasteiger partial charge in [0.05, 0.1) is 7.11 Å². The van der Waals surface area contributed by atoms with Crippen LogP contribution in [0.4, 0.5) is 0 Å². The van der Waals surface area contributed by atoms with Crippen LogP contribution in [0.2, 0.25) is 0 Å². The number of nitrogens with one attached hydrogen (secondary N) is 1. The fraction of sp³-hybridized carbons (Fsp3) is 0.632. The minimum atomic E-state index is 0.307. The number of hydrogen-bond acceptors (Lipinski definition) is 3. The highest BCUT2D eigenvalue weighted by Crippen LogP contribution is 2.24. The number of carbonyl (C=O) groups is 1. The standard InChI is InChI=1S/C19H28N2O2/c1-14(11-15-5-3-4-6-18(15)23-2)12-19(22)21-10-9-16-7-8-17(13-21)20-16/h3-6,14,16-17,20H,7-13H2,1-2H3. The van der Waals surface area contributed by atoms with E-state index in [1.165, 1.54) is 18.4 Å². The minimum absolute atomic E-state index is 0.307. The summed E-state index contributed by atoms with van der Waals surface area (Å²) in [5, 5.41) is 3.64. The number of likely N-dealkylation sites (tertiary alicyclic amines) is 1. The first-order valence-corrected chi connectivity index (χ1v) is 8.81. The number of para-hydroxylation sites is 1. The second-order valence-corrected chi connectivity index (χ2v) is 7.09. The molecule has 3 rings (SSSR count). The van der Waals surface area contributed by atoms with Crippen molar-refractivity contribution in [1.29, 1.82) is 0 Å². The van der Waals surface area contributed by atoms with Crippen LogP contribution in [0.15, 0.2) is 24.3 Å². The molecule has 0 saturated carbocycles. The van der Waals surface area contributed by atoms with Gasteiger partial charge in [-0.25, -0.2) is 0 Å². The average molecular weight is 316 g/mol. The fourth-order valence-corrected chi connectivity index (χ4v) is 3.92. The van der Waals surface area contributed by atoms with Crippen molar-refractivity contribution in [2.45, 2.75) is 51.1 Å². The molecule has 2 heterocycles. The van der Waals surface area contributed by atoms with Crippen LogP contribution >= 0.6 is 0 Å². The Balaban J connectivity index is 1.54. The van der Waals surface area contributed by atoms with E-state index >= 15 is 0 Å². The van der Waals surface area contributed by atoms with Gasteiger partial charge in [-0.15, -0.1) is 0 Å². The summed E-state index contributed by atoms with van der Waals surface area (Å²) in [6.45, 7) is 3.96. The third-order valence-electron chi connectivity index (χ3n) is 5.16. The Morgan fingerprint density at radius 3 is 2.91 bits per heavy atom. The number of benzene rings is 1. The number of fused-ring (bicyclic) bond motifs is 2. The van der Waals surface area contributed by atoms with E-state index in [0.29, 0.717) is 30.3 Å². The molecule has 0 aromatic heterocycles. The molecular formula is C19H28N2O2. The van der Waals surface area contributed by atoms with Gasteiger partial charge >= 0.3 is 0 Å². The van der Waals surface area contributed by atoms with Gasteiger partial charge in [-0.3, -0.25) is 4.79 Å². The Labute approximate surface area is 139 Å². The summed E-state index contributed by atoms with van der Waals surface area (Å²) in [6.07, 6.45) is 5.09. The number of rotatable bonds is 5. The van der Waals surface area contributed by atoms with Crippen molar-refractivity contribution in [2.75, 3.05) is 20.2 Å². The van der Waals surface area contributed by atoms with Crippen LogP contribution in [0, 0.1) is 5.92 Å². The van der Waals surface area contributed by atoms with Gasteiger partial charge in [-0.1, -0.05) is 25.1 Å². The van der Waals surface area contributed by atoms with Crippen LogP contribution in [0.3, 0.4) is 0 Å². The van der Waals surface area contributed by atoms with E-state index in [9.17, 15) is 4.79 Å². The van der Waals surface area contributed by atoms with Crippen LogP contribution in [0.5, 0.6) is 5.75 Å². The van der Waals surface area contributed by atoms with Gasteiger partial charge in [-0.05, 0) is 43.2 Å². The van der Waals surface area contributed by atoms with Crippen LogP contribution in [0.25, 0.3) is 0 Å². The van der Waals surface area contributed by atoms with Gasteiger partial charge in [0.25, 0.3) is 0 Å². The molecule has 2 aliphatic heterocycles. The second kappa shape index (κ2) is 7.35. The third-order valence-corrected chi connectivity index (χ3v) is 5.16. The summed E-state index contributed by atoms with van der Waals surface area (Å²) >= 11 is 0. The van der Waals surface area contributed by atoms with Gasteiger partial charge in [-0.2, -0.15) is 0 Å². The van der Waals surface area contributed by atoms with Gasteiger partial charge in [0, 0.05) is 31.6 Å². The molecule has 3 unspecified atom stereocenters. The first kappa shape index (κ1) is 16.3. The van der Waals surface area contributed by atoms with Crippen molar-refractivity contribution in [3.05, 3.63) is 29.8 Å². The molecule has 3 atom stereocenters. The quantitative estimate of drug-likeness (QED) is 0.908. The molecule has 2 aliphatic rings. The molecule has 0 aliphatic carbocycles. The first-order chi connectivity index (χ1) is 11.2. The molecule has 23 heavy (non-hydrogen) atoms. The van der Waals surface area contributed by atoms with E-state index in [4.69, 9.17) is 4.74 Å². The van der Waals surface area contributed by atoms with Crippen molar-refractivity contribution in [3.8, 4) is 5.75 Å². The Morgan fingerprint density at radius 2 is 2.09 bits per heavy atom. The maximum absolute atomic E-state index is 12.6. The SMILES string of the molecule is COc1ccccc1CC(C)CC(=O)N1CCC2CCC(C1)N2. The molecule has 2 fully saturated rings. The number of ether oxygens (including phenoxy) is 1. The summed E-state index contributed by atoms with van der Waals surface area (Å²) in [7, 11) is 1.70. The molecule has 1 aromatic carbocycles. The molecule has 0 spiro atoms. The zero-order valence-electron chi connectivity index (χ0n) is 14.3. The molecule has 2 saturated heterocycles. The lowest BCUT2D eigenvalue weighted by molar-refractivity contribution is -0.132. The monoisotopic (exact) mass is 316 g/mol. The molecule has 2 bridgehead atoms. The van der Waals surface area contributed by atoms with Crippen molar-refractivity contribution in [3.63, 3.8) is 0 Å². The van der Waals surface area contributed by atoms with E-state index in [-0.39, 0.29) is 0 Å². The van der Waals surface area contributed by atoms with E-state index < -0.39 is 0 Å². The van der Waals surface area contributed by atoms with Crippen molar-refractivity contribution in [1.82, 2.24) is 10.2 Å². The van der Waals surface area contributed by atoms with Gasteiger partial charge in [0.2, 0.25) is 5.91 Å². The number of amides is 1. The summed E-state index contributed by atoms with van der Waals surface area (Å²) < 4.78 is 5.41. The summed E-state index contributed by atoms with van der Waals surface area (Å²) in [5.41, 5.74) is 1.19. The van der Waals surface area contributed by atoms with Crippen LogP contribution in [-0.2, 0) is 11.2 Å². The largest absolute Gasteiger partial charge is 0.496 e. The molecular weight excluding hydrogens is 288 g/mol. The Morgan fingerprint density at radius 1 is 1.30 bits per heavy atom. The van der Waals surface area contributed by atoms with Crippen LogP contribution in [-0.4, -0.2) is 43.1 Å². The Kier molecular flexibility index (Phi) is 5.21. The van der Waals surface area contributed by atoms with E-state index in [2.05, 4.69) is 23.2 Å². The lowest BCUT2D eigenvalue weighted by Crippen LogP contribution is -2.39. The molecule has 1 amide bonds. The molecule has 0 radical (unpaired) electrons. The Hall–Kier alpha value is -1.55. The highest BCUT2D eigenvalue weighted by Gasteiger charge is 2.31. The van der Waals surface area contributed by atoms with Crippen LogP contribution < -0.4 is 10.1 Å². The highest BCUT2D eigenvalue weighted by atomic mass is 16.5. The number of nitrogens with zero attached hydrogens (tertiary/aromatic N) is 1. The van der Waals surface area contributed by atoms with Crippen molar-refractivity contribution < 1.29 is 9.53 Å². The number of methoxy groups -OCH3 is 1. The van der Waals surface area contributed by atoms with E-state index in [0.717, 1.165) is 31.7 Å². The predicted molar refractivity (Wildman–Crippen MR) is 91.6 cm³/mol. The smallest absolute Gasteiger partial charge is 0.222 e. The lowest BCUT2D eigenvalue weighted by atomic mass is 9.96. The second-order valence-electron chi connectivity index (χ2n) is 7.09. The molecule has 1 N–H and O–H groups in total.